The first-order valence-corrected chi connectivity index (χ1v) is 24.0. The number of benzene rings is 2. The van der Waals surface area contributed by atoms with Crippen molar-refractivity contribution in [3.8, 4) is 0 Å². The summed E-state index contributed by atoms with van der Waals surface area (Å²) in [6.07, 6.45) is 12.1. The Labute approximate surface area is 343 Å². The Morgan fingerprint density at radius 3 is 1.31 bits per heavy atom. The predicted octanol–water partition coefficient (Wildman–Crippen LogP) is 8.67. The number of fused-ring (bicyclic) bond motifs is 2. The minimum absolute atomic E-state index is 0.0457. The van der Waals surface area contributed by atoms with E-state index < -0.39 is 30.7 Å². The molecule has 8 rings (SSSR count). The fourth-order valence-corrected chi connectivity index (χ4v) is 10.9. The zero-order chi connectivity index (χ0) is 41.9. The molecule has 0 unspecified atom stereocenters. The molecule has 2 saturated carbocycles. The molecule has 312 valence electrons. The molecule has 2 fully saturated rings. The predicted molar refractivity (Wildman–Crippen MR) is 223 cm³/mol. The minimum Gasteiger partial charge on any atom is -0.454 e. The summed E-state index contributed by atoms with van der Waals surface area (Å²) >= 11 is 0. The van der Waals surface area contributed by atoms with Crippen LogP contribution in [0, 0.1) is 21.4 Å². The van der Waals surface area contributed by atoms with Gasteiger partial charge in [-0.3, -0.25) is 9.59 Å². The van der Waals surface area contributed by atoms with E-state index in [4.69, 9.17) is 18.4 Å². The molecule has 4 aromatic rings. The highest BCUT2D eigenvalue weighted by atomic mass is 32.2. The Morgan fingerprint density at radius 1 is 0.672 bits per heavy atom. The van der Waals surface area contributed by atoms with Crippen LogP contribution in [-0.4, -0.2) is 41.7 Å². The number of aliphatic hydroxyl groups is 2. The number of aryl methyl sites for hydroxylation is 2. The maximum atomic E-state index is 12.9. The molecule has 0 radical (unpaired) electrons. The van der Waals surface area contributed by atoms with Crippen LogP contribution < -0.4 is 0 Å². The van der Waals surface area contributed by atoms with Gasteiger partial charge in [0.2, 0.25) is 0 Å². The van der Waals surface area contributed by atoms with E-state index in [1.165, 1.54) is 83.7 Å². The number of rotatable bonds is 16. The number of Topliss-reactive ketones (excluding diaryl/α,β-unsaturated/α-hetero) is 2. The van der Waals surface area contributed by atoms with Crippen molar-refractivity contribution in [3.05, 3.63) is 105 Å². The van der Waals surface area contributed by atoms with Crippen LogP contribution in [0.2, 0.25) is 0 Å². The average Bonchev–Trinajstić information content (AvgIpc) is 4.00. The van der Waals surface area contributed by atoms with Gasteiger partial charge in [-0.15, -0.1) is 0 Å². The van der Waals surface area contributed by atoms with Gasteiger partial charge in [0.1, 0.15) is 19.5 Å². The second-order valence-electron chi connectivity index (χ2n) is 18.3. The summed E-state index contributed by atoms with van der Waals surface area (Å²) in [6, 6.07) is 11.6. The molecule has 2 aromatic carbocycles. The van der Waals surface area contributed by atoms with Crippen molar-refractivity contribution in [2.75, 3.05) is 11.5 Å². The van der Waals surface area contributed by atoms with E-state index in [0.29, 0.717) is 34.8 Å². The Hall–Kier alpha value is -3.84. The number of carbonyl (C=O) groups excluding carboxylic acids is 2. The van der Waals surface area contributed by atoms with Gasteiger partial charge in [0, 0.05) is 36.1 Å². The number of nitrogens with one attached hydrogen (secondary N) is 2. The Kier molecular flexibility index (Phi) is 11.4. The molecule has 4 aliphatic rings. The Morgan fingerprint density at radius 2 is 1.03 bits per heavy atom. The van der Waals surface area contributed by atoms with Crippen molar-refractivity contribution in [1.29, 1.82) is 9.56 Å². The quantitative estimate of drug-likeness (QED) is 0.0865. The highest BCUT2D eigenvalue weighted by Gasteiger charge is 2.35. The van der Waals surface area contributed by atoms with Gasteiger partial charge < -0.3 is 19.0 Å². The molecule has 0 saturated heterocycles. The molecule has 4 aliphatic carbocycles. The summed E-state index contributed by atoms with van der Waals surface area (Å²) in [7, 11) is -6.78. The lowest BCUT2D eigenvalue weighted by Crippen LogP contribution is -2.22. The van der Waals surface area contributed by atoms with Crippen molar-refractivity contribution in [2.24, 2.45) is 11.8 Å². The van der Waals surface area contributed by atoms with E-state index in [1.807, 2.05) is 0 Å². The van der Waals surface area contributed by atoms with Crippen LogP contribution in [0.25, 0.3) is 0 Å². The van der Waals surface area contributed by atoms with Gasteiger partial charge in [0.25, 0.3) is 0 Å². The van der Waals surface area contributed by atoms with E-state index in [9.17, 15) is 28.2 Å². The summed E-state index contributed by atoms with van der Waals surface area (Å²) in [6.45, 7) is 10.8. The summed E-state index contributed by atoms with van der Waals surface area (Å²) in [5.41, 5.74) is 8.48. The van der Waals surface area contributed by atoms with E-state index in [0.717, 1.165) is 36.8 Å². The standard InChI is InChI=1S/2C23H29NO4S/c2*1-14(15-4-5-15)19-8-6-16-7-9-20(16)21(19)11-18(25)13-29(24,27)22-10-17(12-28-22)23(2,3)26/h2*6,8,10,12,14-15,24,26H,4-5,7,9,11,13H2,1-3H3/t14-,29+;14-,29-/m00/s1. The summed E-state index contributed by atoms with van der Waals surface area (Å²) in [4.78, 5) is 25.7. The van der Waals surface area contributed by atoms with Crippen molar-refractivity contribution >= 4 is 31.0 Å². The number of hydrogen-bond acceptors (Lipinski definition) is 10. The summed E-state index contributed by atoms with van der Waals surface area (Å²) in [5.74, 6) is 1.13. The first-order chi connectivity index (χ1) is 27.1. The largest absolute Gasteiger partial charge is 0.454 e. The Bertz CT molecular complexity index is 2280. The fraction of sp³-hybridized carbons (Fsp3) is 0.522. The third-order valence-electron chi connectivity index (χ3n) is 12.7. The van der Waals surface area contributed by atoms with Gasteiger partial charge in [0.15, 0.2) is 21.8 Å². The normalized spacial score (nSPS) is 19.2. The third kappa shape index (κ3) is 9.15. The lowest BCUT2D eigenvalue weighted by atomic mass is 9.78. The summed E-state index contributed by atoms with van der Waals surface area (Å²) in [5, 5.41) is 20.0. The van der Waals surface area contributed by atoms with Crippen LogP contribution in [0.1, 0.15) is 135 Å². The minimum atomic E-state index is -3.39. The maximum Gasteiger partial charge on any atom is 0.199 e. The molecule has 0 aliphatic heterocycles. The number of furan rings is 2. The number of hydrogen-bond donors (Lipinski definition) is 4. The average molecular weight is 831 g/mol. The molecule has 10 nitrogen and oxygen atoms in total. The van der Waals surface area contributed by atoms with Crippen molar-refractivity contribution in [2.45, 2.75) is 139 Å². The second kappa shape index (κ2) is 15.6. The first-order valence-electron chi connectivity index (χ1n) is 20.6. The molecule has 58 heavy (non-hydrogen) atoms. The zero-order valence-corrected chi connectivity index (χ0v) is 36.2. The van der Waals surface area contributed by atoms with Crippen LogP contribution in [0.3, 0.4) is 0 Å². The molecule has 0 spiro atoms. The van der Waals surface area contributed by atoms with Crippen LogP contribution in [-0.2, 0) is 78.8 Å². The molecule has 12 heteroatoms. The maximum absolute atomic E-state index is 12.9. The van der Waals surface area contributed by atoms with E-state index in [-0.39, 0.29) is 46.1 Å². The monoisotopic (exact) mass is 830 g/mol. The smallest absolute Gasteiger partial charge is 0.199 e. The third-order valence-corrected chi connectivity index (χ3v) is 15.9. The van der Waals surface area contributed by atoms with Crippen LogP contribution >= 0.6 is 0 Å². The molecule has 2 heterocycles. The van der Waals surface area contributed by atoms with Crippen LogP contribution in [0.4, 0.5) is 0 Å². The number of carbonyl (C=O) groups is 2. The lowest BCUT2D eigenvalue weighted by molar-refractivity contribution is -0.116. The highest BCUT2D eigenvalue weighted by Crippen LogP contribution is 2.46. The van der Waals surface area contributed by atoms with Gasteiger partial charge in [-0.05, 0) is 147 Å². The van der Waals surface area contributed by atoms with Crippen molar-refractivity contribution in [3.63, 3.8) is 0 Å². The molecule has 4 atom stereocenters. The van der Waals surface area contributed by atoms with Gasteiger partial charge in [-0.2, -0.15) is 0 Å². The molecule has 0 amide bonds. The fourth-order valence-electron chi connectivity index (χ4n) is 8.46. The highest BCUT2D eigenvalue weighted by molar-refractivity contribution is 7.93. The first kappa shape index (κ1) is 42.3. The Balaban J connectivity index is 0.000000177. The zero-order valence-electron chi connectivity index (χ0n) is 34.6. The summed E-state index contributed by atoms with van der Waals surface area (Å²) < 4.78 is 52.9. The van der Waals surface area contributed by atoms with Crippen molar-refractivity contribution in [1.82, 2.24) is 0 Å². The lowest BCUT2D eigenvalue weighted by Gasteiger charge is -2.27. The molecule has 0 bridgehead atoms. The van der Waals surface area contributed by atoms with Gasteiger partial charge >= 0.3 is 0 Å². The van der Waals surface area contributed by atoms with Gasteiger partial charge in [-0.25, -0.2) is 18.0 Å². The second-order valence-corrected chi connectivity index (χ2v) is 22.4. The molecule has 2 aromatic heterocycles. The molecule has 4 N–H and O–H groups in total. The van der Waals surface area contributed by atoms with Gasteiger partial charge in [0.05, 0.1) is 35.2 Å². The topological polar surface area (TPSA) is 183 Å². The molecular weight excluding hydrogens is 773 g/mol. The van der Waals surface area contributed by atoms with Crippen molar-refractivity contribution < 1.29 is 37.1 Å². The van der Waals surface area contributed by atoms with E-state index in [1.54, 1.807) is 27.7 Å². The SMILES string of the molecule is C[C@H](c1ccc2c(c1CC(=O)C[S@@](=N)(=O)c1cc(C(C)(C)O)co1)CC2)C1CC1.C[C@H](c1ccc2c(c1CC(=O)C[S@](=N)(=O)c1cc(C(C)(C)O)co1)CC2)C1CC1. The molecular formula is C46H58N2O8S2. The van der Waals surface area contributed by atoms with Crippen LogP contribution in [0.5, 0.6) is 0 Å². The van der Waals surface area contributed by atoms with E-state index in [2.05, 4.69) is 38.1 Å². The van der Waals surface area contributed by atoms with Gasteiger partial charge in [-0.1, -0.05) is 38.1 Å². The number of ketones is 2. The van der Waals surface area contributed by atoms with E-state index >= 15 is 0 Å². The van der Waals surface area contributed by atoms with Crippen LogP contribution in [0.15, 0.2) is 67.9 Å².